The van der Waals surface area contributed by atoms with Crippen molar-refractivity contribution >= 4 is 5.69 Å². The second-order valence-electron chi connectivity index (χ2n) is 6.11. The van der Waals surface area contributed by atoms with E-state index in [0.29, 0.717) is 17.4 Å². The molecule has 0 amide bonds. The zero-order valence-corrected chi connectivity index (χ0v) is 12.6. The Morgan fingerprint density at radius 2 is 1.86 bits per heavy atom. The van der Waals surface area contributed by atoms with Gasteiger partial charge in [-0.3, -0.25) is 0 Å². The van der Waals surface area contributed by atoms with Crippen molar-refractivity contribution in [2.24, 2.45) is 17.6 Å². The van der Waals surface area contributed by atoms with Crippen LogP contribution in [0.5, 0.6) is 0 Å². The normalized spacial score (nSPS) is 17.6. The Kier molecular flexibility index (Phi) is 4.81. The molecule has 2 rings (SSSR count). The van der Waals surface area contributed by atoms with Crippen molar-refractivity contribution < 1.29 is 13.2 Å². The van der Waals surface area contributed by atoms with Crippen LogP contribution in [0, 0.1) is 11.8 Å². The lowest BCUT2D eigenvalue weighted by Gasteiger charge is -2.36. The summed E-state index contributed by atoms with van der Waals surface area (Å²) in [6.45, 7) is 6.36. The quantitative estimate of drug-likeness (QED) is 0.913. The number of hydrogen-bond donors (Lipinski definition) is 1. The molecule has 2 N–H and O–H groups in total. The van der Waals surface area contributed by atoms with Crippen molar-refractivity contribution in [2.75, 3.05) is 18.0 Å². The number of nitrogens with two attached hydrogens (primary N) is 1. The molecular weight excluding hydrogens is 277 g/mol. The minimum Gasteiger partial charge on any atom is -0.371 e. The molecule has 0 radical (unpaired) electrons. The van der Waals surface area contributed by atoms with E-state index < -0.39 is 11.7 Å². The zero-order valence-electron chi connectivity index (χ0n) is 12.6. The van der Waals surface area contributed by atoms with Crippen LogP contribution in [0.1, 0.15) is 37.8 Å². The van der Waals surface area contributed by atoms with Crippen LogP contribution in [0.4, 0.5) is 18.9 Å². The predicted molar refractivity (Wildman–Crippen MR) is 79.1 cm³/mol. The van der Waals surface area contributed by atoms with E-state index in [0.717, 1.165) is 37.7 Å². The van der Waals surface area contributed by atoms with Gasteiger partial charge in [0.25, 0.3) is 0 Å². The lowest BCUT2D eigenvalue weighted by molar-refractivity contribution is -0.137. The molecule has 0 unspecified atom stereocenters. The zero-order chi connectivity index (χ0) is 15.6. The van der Waals surface area contributed by atoms with E-state index >= 15 is 0 Å². The van der Waals surface area contributed by atoms with Gasteiger partial charge in [-0.25, -0.2) is 0 Å². The summed E-state index contributed by atoms with van der Waals surface area (Å²) >= 11 is 0. The van der Waals surface area contributed by atoms with Crippen molar-refractivity contribution in [3.8, 4) is 0 Å². The summed E-state index contributed by atoms with van der Waals surface area (Å²) < 4.78 is 38.3. The van der Waals surface area contributed by atoms with Crippen LogP contribution in [-0.2, 0) is 12.7 Å². The molecule has 0 aromatic heterocycles. The van der Waals surface area contributed by atoms with Gasteiger partial charge in [-0.1, -0.05) is 13.8 Å². The SMILES string of the molecule is CC(C)C1CCN(c2ccc(C(F)(F)F)cc2CN)CC1. The summed E-state index contributed by atoms with van der Waals surface area (Å²) in [4.78, 5) is 2.17. The van der Waals surface area contributed by atoms with E-state index in [1.54, 1.807) is 6.07 Å². The van der Waals surface area contributed by atoms with E-state index in [-0.39, 0.29) is 6.54 Å². The molecule has 1 fully saturated rings. The molecule has 1 aliphatic rings. The number of benzene rings is 1. The molecule has 1 aromatic rings. The molecule has 0 atom stereocenters. The Labute approximate surface area is 124 Å². The molecule has 21 heavy (non-hydrogen) atoms. The summed E-state index contributed by atoms with van der Waals surface area (Å²) in [5.41, 5.74) is 6.46. The highest BCUT2D eigenvalue weighted by Gasteiger charge is 2.31. The number of alkyl halides is 3. The number of rotatable bonds is 3. The molecule has 5 heteroatoms. The summed E-state index contributed by atoms with van der Waals surface area (Å²) in [7, 11) is 0. The average molecular weight is 300 g/mol. The highest BCUT2D eigenvalue weighted by Crippen LogP contribution is 2.34. The molecule has 1 saturated heterocycles. The Morgan fingerprint density at radius 1 is 1.24 bits per heavy atom. The minimum absolute atomic E-state index is 0.128. The molecule has 0 bridgehead atoms. The smallest absolute Gasteiger partial charge is 0.371 e. The Morgan fingerprint density at radius 3 is 2.33 bits per heavy atom. The maximum absolute atomic E-state index is 12.8. The van der Waals surface area contributed by atoms with Crippen molar-refractivity contribution in [2.45, 2.75) is 39.4 Å². The van der Waals surface area contributed by atoms with E-state index in [2.05, 4.69) is 18.7 Å². The van der Waals surface area contributed by atoms with Crippen molar-refractivity contribution in [3.63, 3.8) is 0 Å². The largest absolute Gasteiger partial charge is 0.416 e. The van der Waals surface area contributed by atoms with Crippen LogP contribution in [0.25, 0.3) is 0 Å². The van der Waals surface area contributed by atoms with Gasteiger partial charge in [0, 0.05) is 25.3 Å². The van der Waals surface area contributed by atoms with Gasteiger partial charge in [0.05, 0.1) is 5.56 Å². The average Bonchev–Trinajstić information content (AvgIpc) is 2.45. The number of piperidine rings is 1. The van der Waals surface area contributed by atoms with E-state index in [1.807, 2.05) is 0 Å². The summed E-state index contributed by atoms with van der Waals surface area (Å²) in [6.07, 6.45) is -2.14. The van der Waals surface area contributed by atoms with Crippen LogP contribution in [-0.4, -0.2) is 13.1 Å². The van der Waals surface area contributed by atoms with Gasteiger partial charge in [0.2, 0.25) is 0 Å². The third kappa shape index (κ3) is 3.70. The van der Waals surface area contributed by atoms with Gasteiger partial charge >= 0.3 is 6.18 Å². The summed E-state index contributed by atoms with van der Waals surface area (Å²) in [6, 6.07) is 3.91. The van der Waals surface area contributed by atoms with Crippen molar-refractivity contribution in [1.29, 1.82) is 0 Å². The van der Waals surface area contributed by atoms with E-state index in [9.17, 15) is 13.2 Å². The maximum Gasteiger partial charge on any atom is 0.416 e. The molecule has 0 aliphatic carbocycles. The third-order valence-corrected chi connectivity index (χ3v) is 4.45. The van der Waals surface area contributed by atoms with Gasteiger partial charge in [-0.05, 0) is 48.4 Å². The van der Waals surface area contributed by atoms with Gasteiger partial charge < -0.3 is 10.6 Å². The second kappa shape index (κ2) is 6.26. The number of halogens is 3. The first-order valence-corrected chi connectivity index (χ1v) is 7.48. The van der Waals surface area contributed by atoms with Gasteiger partial charge in [-0.15, -0.1) is 0 Å². The lowest BCUT2D eigenvalue weighted by atomic mass is 9.86. The fraction of sp³-hybridized carbons (Fsp3) is 0.625. The Balaban J connectivity index is 2.17. The minimum atomic E-state index is -4.31. The lowest BCUT2D eigenvalue weighted by Crippen LogP contribution is -2.36. The first-order valence-electron chi connectivity index (χ1n) is 7.48. The standard InChI is InChI=1S/C16H23F3N2/c1-11(2)12-5-7-21(8-6-12)15-4-3-14(16(17,18)19)9-13(15)10-20/h3-4,9,11-12H,5-8,10,20H2,1-2H3. The molecule has 1 aromatic carbocycles. The van der Waals surface area contributed by atoms with Gasteiger partial charge in [-0.2, -0.15) is 13.2 Å². The highest BCUT2D eigenvalue weighted by atomic mass is 19.4. The molecule has 0 spiro atoms. The topological polar surface area (TPSA) is 29.3 Å². The van der Waals surface area contributed by atoms with Crippen LogP contribution < -0.4 is 10.6 Å². The molecule has 1 heterocycles. The first-order chi connectivity index (χ1) is 9.82. The second-order valence-corrected chi connectivity index (χ2v) is 6.11. The first kappa shape index (κ1) is 16.1. The third-order valence-electron chi connectivity index (χ3n) is 4.45. The summed E-state index contributed by atoms with van der Waals surface area (Å²) in [5.74, 6) is 1.37. The summed E-state index contributed by atoms with van der Waals surface area (Å²) in [5, 5.41) is 0. The van der Waals surface area contributed by atoms with Crippen LogP contribution >= 0.6 is 0 Å². The van der Waals surface area contributed by atoms with Crippen LogP contribution in [0.3, 0.4) is 0 Å². The molecule has 0 saturated carbocycles. The number of hydrogen-bond acceptors (Lipinski definition) is 2. The highest BCUT2D eigenvalue weighted by molar-refractivity contribution is 5.55. The fourth-order valence-electron chi connectivity index (χ4n) is 3.04. The predicted octanol–water partition coefficient (Wildman–Crippen LogP) is 4.04. The van der Waals surface area contributed by atoms with Crippen LogP contribution in [0.15, 0.2) is 18.2 Å². The molecular formula is C16H23F3N2. The Bertz CT molecular complexity index is 475. The van der Waals surface area contributed by atoms with Gasteiger partial charge in [0.15, 0.2) is 0 Å². The van der Waals surface area contributed by atoms with Crippen molar-refractivity contribution in [1.82, 2.24) is 0 Å². The molecule has 1 aliphatic heterocycles. The van der Waals surface area contributed by atoms with Crippen LogP contribution in [0.2, 0.25) is 0 Å². The maximum atomic E-state index is 12.8. The van der Waals surface area contributed by atoms with E-state index in [1.165, 1.54) is 6.07 Å². The molecule has 118 valence electrons. The van der Waals surface area contributed by atoms with E-state index in [4.69, 9.17) is 5.73 Å². The number of nitrogens with zero attached hydrogens (tertiary/aromatic N) is 1. The molecule has 2 nitrogen and oxygen atoms in total. The fourth-order valence-corrected chi connectivity index (χ4v) is 3.04. The Hall–Kier alpha value is -1.23. The van der Waals surface area contributed by atoms with Gasteiger partial charge in [0.1, 0.15) is 0 Å². The monoisotopic (exact) mass is 300 g/mol. The number of anilines is 1. The van der Waals surface area contributed by atoms with Crippen molar-refractivity contribution in [3.05, 3.63) is 29.3 Å².